The molecule has 3 heteroatoms. The van der Waals surface area contributed by atoms with Crippen molar-refractivity contribution in [2.45, 2.75) is 19.8 Å². The van der Waals surface area contributed by atoms with Gasteiger partial charge in [-0.3, -0.25) is 4.79 Å². The van der Waals surface area contributed by atoms with Gasteiger partial charge in [-0.25, -0.2) is 0 Å². The number of hydrogen-bond donors (Lipinski definition) is 1. The van der Waals surface area contributed by atoms with Crippen molar-refractivity contribution in [3.63, 3.8) is 0 Å². The molecule has 2 aromatic rings. The number of aromatic nitrogens is 1. The van der Waals surface area contributed by atoms with E-state index in [0.717, 1.165) is 22.8 Å². The molecule has 0 saturated carbocycles. The SMILES string of the molecule is CC(C)c1ccc(O)c2cc(C=O)n(C)c12. The van der Waals surface area contributed by atoms with E-state index in [4.69, 9.17) is 0 Å². The lowest BCUT2D eigenvalue weighted by Gasteiger charge is -2.10. The van der Waals surface area contributed by atoms with Gasteiger partial charge in [-0.05, 0) is 23.6 Å². The third-order valence-corrected chi connectivity index (χ3v) is 2.98. The van der Waals surface area contributed by atoms with Crippen molar-refractivity contribution in [2.24, 2.45) is 7.05 Å². The third-order valence-electron chi connectivity index (χ3n) is 2.98. The van der Waals surface area contributed by atoms with Crippen molar-refractivity contribution in [3.8, 4) is 5.75 Å². The maximum atomic E-state index is 10.9. The molecule has 3 nitrogen and oxygen atoms in total. The van der Waals surface area contributed by atoms with E-state index in [9.17, 15) is 9.90 Å². The van der Waals surface area contributed by atoms with Crippen LogP contribution in [0, 0.1) is 0 Å². The molecule has 0 fully saturated rings. The first kappa shape index (κ1) is 10.7. The minimum absolute atomic E-state index is 0.225. The van der Waals surface area contributed by atoms with Gasteiger partial charge in [0, 0.05) is 12.4 Å². The van der Waals surface area contributed by atoms with E-state index >= 15 is 0 Å². The summed E-state index contributed by atoms with van der Waals surface area (Å²) < 4.78 is 1.83. The summed E-state index contributed by atoms with van der Waals surface area (Å²) in [6.07, 6.45) is 0.809. The number of fused-ring (bicyclic) bond motifs is 1. The lowest BCUT2D eigenvalue weighted by atomic mass is 10.0. The van der Waals surface area contributed by atoms with Crippen LogP contribution in [0.5, 0.6) is 5.75 Å². The summed E-state index contributed by atoms with van der Waals surface area (Å²) in [4.78, 5) is 10.9. The number of carbonyl (C=O) groups excluding carboxylic acids is 1. The van der Waals surface area contributed by atoms with Crippen molar-refractivity contribution >= 4 is 17.2 Å². The highest BCUT2D eigenvalue weighted by atomic mass is 16.3. The Morgan fingerprint density at radius 3 is 2.62 bits per heavy atom. The fourth-order valence-corrected chi connectivity index (χ4v) is 2.08. The molecule has 16 heavy (non-hydrogen) atoms. The Kier molecular flexibility index (Phi) is 2.46. The van der Waals surface area contributed by atoms with Crippen LogP contribution >= 0.6 is 0 Å². The average Bonchev–Trinajstić information content (AvgIpc) is 2.57. The van der Waals surface area contributed by atoms with E-state index in [1.807, 2.05) is 17.7 Å². The molecule has 1 heterocycles. The van der Waals surface area contributed by atoms with E-state index in [1.165, 1.54) is 0 Å². The quantitative estimate of drug-likeness (QED) is 0.786. The smallest absolute Gasteiger partial charge is 0.166 e. The zero-order chi connectivity index (χ0) is 11.9. The minimum Gasteiger partial charge on any atom is -0.507 e. The van der Waals surface area contributed by atoms with Gasteiger partial charge in [0.15, 0.2) is 6.29 Å². The van der Waals surface area contributed by atoms with Gasteiger partial charge in [-0.2, -0.15) is 0 Å². The monoisotopic (exact) mass is 217 g/mol. The Bertz CT molecular complexity index is 553. The van der Waals surface area contributed by atoms with Crippen molar-refractivity contribution in [3.05, 3.63) is 29.5 Å². The molecular weight excluding hydrogens is 202 g/mol. The highest BCUT2D eigenvalue weighted by Crippen LogP contribution is 2.33. The predicted octanol–water partition coefficient (Wildman–Crippen LogP) is 2.82. The number of nitrogens with zero attached hydrogens (tertiary/aromatic N) is 1. The molecule has 0 aliphatic rings. The van der Waals surface area contributed by atoms with Crippen LogP contribution in [-0.4, -0.2) is 16.0 Å². The van der Waals surface area contributed by atoms with Gasteiger partial charge >= 0.3 is 0 Å². The van der Waals surface area contributed by atoms with Gasteiger partial charge in [0.2, 0.25) is 0 Å². The first-order valence-corrected chi connectivity index (χ1v) is 5.32. The van der Waals surface area contributed by atoms with E-state index < -0.39 is 0 Å². The van der Waals surface area contributed by atoms with Crippen LogP contribution in [-0.2, 0) is 7.05 Å². The van der Waals surface area contributed by atoms with Crippen LogP contribution < -0.4 is 0 Å². The number of aromatic hydroxyl groups is 1. The molecular formula is C13H15NO2. The summed E-state index contributed by atoms with van der Waals surface area (Å²) in [5.41, 5.74) is 2.67. The maximum Gasteiger partial charge on any atom is 0.166 e. The van der Waals surface area contributed by atoms with Crippen LogP contribution in [0.3, 0.4) is 0 Å². The number of benzene rings is 1. The molecule has 0 spiro atoms. The second-order valence-corrected chi connectivity index (χ2v) is 4.34. The van der Waals surface area contributed by atoms with Gasteiger partial charge in [-0.15, -0.1) is 0 Å². The van der Waals surface area contributed by atoms with Crippen molar-refractivity contribution in [2.75, 3.05) is 0 Å². The van der Waals surface area contributed by atoms with Crippen molar-refractivity contribution in [1.82, 2.24) is 4.57 Å². The Hall–Kier alpha value is -1.77. The van der Waals surface area contributed by atoms with Gasteiger partial charge in [0.25, 0.3) is 0 Å². The predicted molar refractivity (Wildman–Crippen MR) is 64.1 cm³/mol. The zero-order valence-electron chi connectivity index (χ0n) is 9.69. The van der Waals surface area contributed by atoms with E-state index in [-0.39, 0.29) is 5.75 Å². The van der Waals surface area contributed by atoms with Crippen molar-refractivity contribution < 1.29 is 9.90 Å². The molecule has 0 atom stereocenters. The summed E-state index contributed by atoms with van der Waals surface area (Å²) in [7, 11) is 1.84. The van der Waals surface area contributed by atoms with Gasteiger partial charge in [0.1, 0.15) is 5.75 Å². The van der Waals surface area contributed by atoms with Gasteiger partial charge in [0.05, 0.1) is 11.2 Å². The minimum atomic E-state index is 0.225. The lowest BCUT2D eigenvalue weighted by Crippen LogP contribution is -1.98. The Morgan fingerprint density at radius 2 is 2.06 bits per heavy atom. The molecule has 0 aliphatic heterocycles. The number of hydrogen-bond acceptors (Lipinski definition) is 2. The van der Waals surface area contributed by atoms with Gasteiger partial charge < -0.3 is 9.67 Å². The third kappa shape index (κ3) is 1.40. The summed E-state index contributed by atoms with van der Waals surface area (Å²) in [5.74, 6) is 0.583. The number of phenols is 1. The van der Waals surface area contributed by atoms with E-state index in [0.29, 0.717) is 11.6 Å². The number of aryl methyl sites for hydroxylation is 1. The van der Waals surface area contributed by atoms with Crippen LogP contribution in [0.15, 0.2) is 18.2 Å². The molecule has 1 aromatic carbocycles. The molecule has 0 amide bonds. The Balaban J connectivity index is 2.90. The Labute approximate surface area is 94.3 Å². The summed E-state index contributed by atoms with van der Waals surface area (Å²) >= 11 is 0. The summed E-state index contributed by atoms with van der Waals surface area (Å²) in [5, 5.41) is 10.5. The average molecular weight is 217 g/mol. The highest BCUT2D eigenvalue weighted by molar-refractivity contribution is 5.94. The zero-order valence-corrected chi connectivity index (χ0v) is 9.69. The topological polar surface area (TPSA) is 42.2 Å². The molecule has 0 radical (unpaired) electrons. The maximum absolute atomic E-state index is 10.9. The number of phenolic OH excluding ortho intramolecular Hbond substituents is 1. The van der Waals surface area contributed by atoms with E-state index in [1.54, 1.807) is 12.1 Å². The van der Waals surface area contributed by atoms with Crippen LogP contribution in [0.4, 0.5) is 0 Å². The molecule has 1 aromatic heterocycles. The fraction of sp³-hybridized carbons (Fsp3) is 0.308. The van der Waals surface area contributed by atoms with E-state index in [2.05, 4.69) is 13.8 Å². The van der Waals surface area contributed by atoms with Crippen molar-refractivity contribution in [1.29, 1.82) is 0 Å². The number of aldehydes is 1. The van der Waals surface area contributed by atoms with Gasteiger partial charge in [-0.1, -0.05) is 19.9 Å². The second-order valence-electron chi connectivity index (χ2n) is 4.34. The number of carbonyl (C=O) groups is 1. The summed E-state index contributed by atoms with van der Waals surface area (Å²) in [6.45, 7) is 4.19. The lowest BCUT2D eigenvalue weighted by molar-refractivity contribution is 0.111. The molecule has 2 rings (SSSR count). The molecule has 0 unspecified atom stereocenters. The van der Waals surface area contributed by atoms with Crippen LogP contribution in [0.2, 0.25) is 0 Å². The second kappa shape index (κ2) is 3.67. The molecule has 0 saturated heterocycles. The number of rotatable bonds is 2. The fourth-order valence-electron chi connectivity index (χ4n) is 2.08. The molecule has 1 N–H and O–H groups in total. The normalized spacial score (nSPS) is 11.2. The standard InChI is InChI=1S/C13H15NO2/c1-8(2)10-4-5-12(16)11-6-9(7-15)14(3)13(10)11/h4-8,16H,1-3H3. The summed E-state index contributed by atoms with van der Waals surface area (Å²) in [6, 6.07) is 5.33. The first-order valence-electron chi connectivity index (χ1n) is 5.32. The molecule has 84 valence electrons. The molecule has 0 bridgehead atoms. The first-order chi connectivity index (χ1) is 7.56. The highest BCUT2D eigenvalue weighted by Gasteiger charge is 2.14. The van der Waals surface area contributed by atoms with Crippen LogP contribution in [0.25, 0.3) is 10.9 Å². The molecule has 0 aliphatic carbocycles. The van der Waals surface area contributed by atoms with Crippen LogP contribution in [0.1, 0.15) is 35.8 Å². The largest absolute Gasteiger partial charge is 0.507 e. The Morgan fingerprint density at radius 1 is 1.38 bits per heavy atom.